The highest BCUT2D eigenvalue weighted by Crippen LogP contribution is 2.30. The molecule has 94 valence electrons. The lowest BCUT2D eigenvalue weighted by atomic mass is 10.2. The molecule has 3 heteroatoms. The van der Waals surface area contributed by atoms with Gasteiger partial charge in [-0.2, -0.15) is 0 Å². The van der Waals surface area contributed by atoms with Crippen LogP contribution in [0.2, 0.25) is 0 Å². The van der Waals surface area contributed by atoms with Crippen LogP contribution < -0.4 is 0 Å². The molecule has 0 aliphatic rings. The van der Waals surface area contributed by atoms with Crippen LogP contribution >= 0.6 is 23.1 Å². The van der Waals surface area contributed by atoms with Crippen LogP contribution in [0.15, 0.2) is 58.3 Å². The molecule has 0 radical (unpaired) electrons. The van der Waals surface area contributed by atoms with Crippen molar-refractivity contribution in [2.45, 2.75) is 11.3 Å². The molecule has 0 aliphatic heterocycles. The minimum absolute atomic E-state index is 1.08. The Morgan fingerprint density at radius 1 is 1.05 bits per heavy atom. The SMILES string of the molecule is Cc1ccc(/C=C\Sc2nc3ccccc3s2)cc1. The summed E-state index contributed by atoms with van der Waals surface area (Å²) in [4.78, 5) is 4.59. The van der Waals surface area contributed by atoms with Gasteiger partial charge in [-0.15, -0.1) is 11.3 Å². The van der Waals surface area contributed by atoms with Crippen LogP contribution in [0.5, 0.6) is 0 Å². The van der Waals surface area contributed by atoms with Crippen molar-refractivity contribution in [1.29, 1.82) is 0 Å². The molecule has 1 nitrogen and oxygen atoms in total. The number of hydrogen-bond acceptors (Lipinski definition) is 3. The predicted molar refractivity (Wildman–Crippen MR) is 85.7 cm³/mol. The average Bonchev–Trinajstić information content (AvgIpc) is 2.83. The summed E-state index contributed by atoms with van der Waals surface area (Å²) in [5, 5.41) is 2.10. The van der Waals surface area contributed by atoms with Gasteiger partial charge in [0.2, 0.25) is 0 Å². The molecule has 0 saturated carbocycles. The van der Waals surface area contributed by atoms with Crippen molar-refractivity contribution < 1.29 is 0 Å². The van der Waals surface area contributed by atoms with Gasteiger partial charge < -0.3 is 0 Å². The molecule has 0 fully saturated rings. The molecule has 0 unspecified atom stereocenters. The number of thioether (sulfide) groups is 1. The van der Waals surface area contributed by atoms with Crippen molar-refractivity contribution in [2.75, 3.05) is 0 Å². The number of nitrogens with zero attached hydrogens (tertiary/aromatic N) is 1. The van der Waals surface area contributed by atoms with Crippen molar-refractivity contribution in [2.24, 2.45) is 0 Å². The van der Waals surface area contributed by atoms with Gasteiger partial charge in [0.05, 0.1) is 10.2 Å². The lowest BCUT2D eigenvalue weighted by molar-refractivity contribution is 1.31. The monoisotopic (exact) mass is 283 g/mol. The largest absolute Gasteiger partial charge is 0.229 e. The van der Waals surface area contributed by atoms with E-state index in [1.807, 2.05) is 6.07 Å². The molecule has 19 heavy (non-hydrogen) atoms. The molecular formula is C16H13NS2. The fourth-order valence-corrected chi connectivity index (χ4v) is 3.57. The Morgan fingerprint density at radius 3 is 2.63 bits per heavy atom. The van der Waals surface area contributed by atoms with Crippen molar-refractivity contribution in [1.82, 2.24) is 4.98 Å². The molecule has 3 rings (SSSR count). The minimum atomic E-state index is 1.08. The van der Waals surface area contributed by atoms with E-state index in [9.17, 15) is 0 Å². The summed E-state index contributed by atoms with van der Waals surface area (Å²) in [6.07, 6.45) is 2.12. The van der Waals surface area contributed by atoms with E-state index in [1.54, 1.807) is 23.1 Å². The quantitative estimate of drug-likeness (QED) is 0.599. The Labute approximate surface area is 121 Å². The first kappa shape index (κ1) is 12.5. The molecule has 2 aromatic carbocycles. The number of rotatable bonds is 3. The summed E-state index contributed by atoms with van der Waals surface area (Å²) >= 11 is 3.41. The number of benzene rings is 2. The van der Waals surface area contributed by atoms with E-state index in [-0.39, 0.29) is 0 Å². The van der Waals surface area contributed by atoms with Gasteiger partial charge in [-0.3, -0.25) is 0 Å². The minimum Gasteiger partial charge on any atom is -0.229 e. The van der Waals surface area contributed by atoms with E-state index in [1.165, 1.54) is 15.8 Å². The lowest BCUT2D eigenvalue weighted by Gasteiger charge is -1.93. The van der Waals surface area contributed by atoms with Crippen LogP contribution in [0, 0.1) is 6.92 Å². The summed E-state index contributed by atoms with van der Waals surface area (Å²) < 4.78 is 2.33. The predicted octanol–water partition coefficient (Wildman–Crippen LogP) is 5.37. The maximum Gasteiger partial charge on any atom is 0.155 e. The molecule has 1 heterocycles. The number of thiazole rings is 1. The Bertz CT molecular complexity index is 678. The van der Waals surface area contributed by atoms with E-state index >= 15 is 0 Å². The van der Waals surface area contributed by atoms with Crippen LogP contribution in [0.25, 0.3) is 16.3 Å². The Morgan fingerprint density at radius 2 is 1.84 bits per heavy atom. The maximum atomic E-state index is 4.59. The van der Waals surface area contributed by atoms with Crippen molar-refractivity contribution in [3.8, 4) is 0 Å². The second-order valence-electron chi connectivity index (χ2n) is 4.28. The fraction of sp³-hybridized carbons (Fsp3) is 0.0625. The summed E-state index contributed by atoms with van der Waals surface area (Å²) in [6, 6.07) is 16.8. The van der Waals surface area contributed by atoms with E-state index in [4.69, 9.17) is 0 Å². The summed E-state index contributed by atoms with van der Waals surface area (Å²) in [6.45, 7) is 2.10. The molecule has 0 bridgehead atoms. The first-order valence-corrected chi connectivity index (χ1v) is 7.76. The standard InChI is InChI=1S/C16H13NS2/c1-12-6-8-13(9-7-12)10-11-18-16-17-14-4-2-3-5-15(14)19-16/h2-11H,1H3/b11-10-. The third-order valence-electron chi connectivity index (χ3n) is 2.78. The first-order chi connectivity index (χ1) is 9.31. The normalized spacial score (nSPS) is 11.4. The number of fused-ring (bicyclic) bond motifs is 1. The van der Waals surface area contributed by atoms with Gasteiger partial charge in [0, 0.05) is 0 Å². The topological polar surface area (TPSA) is 12.9 Å². The highest BCUT2D eigenvalue weighted by molar-refractivity contribution is 8.04. The van der Waals surface area contributed by atoms with Crippen LogP contribution in [0.3, 0.4) is 0 Å². The zero-order chi connectivity index (χ0) is 13.1. The van der Waals surface area contributed by atoms with Gasteiger partial charge in [0.25, 0.3) is 0 Å². The number of aromatic nitrogens is 1. The Kier molecular flexibility index (Phi) is 3.67. The molecule has 3 aromatic rings. The van der Waals surface area contributed by atoms with Crippen LogP contribution in [-0.4, -0.2) is 4.98 Å². The summed E-state index contributed by atoms with van der Waals surface area (Å²) in [7, 11) is 0. The van der Waals surface area contributed by atoms with Gasteiger partial charge in [-0.1, -0.05) is 53.7 Å². The molecule has 0 atom stereocenters. The van der Waals surface area contributed by atoms with E-state index < -0.39 is 0 Å². The smallest absolute Gasteiger partial charge is 0.155 e. The van der Waals surface area contributed by atoms with Crippen LogP contribution in [0.1, 0.15) is 11.1 Å². The van der Waals surface area contributed by atoms with Crippen molar-refractivity contribution in [3.05, 3.63) is 65.1 Å². The van der Waals surface area contributed by atoms with Crippen molar-refractivity contribution in [3.63, 3.8) is 0 Å². The van der Waals surface area contributed by atoms with Gasteiger partial charge in [0.15, 0.2) is 4.34 Å². The van der Waals surface area contributed by atoms with Crippen LogP contribution in [0.4, 0.5) is 0 Å². The first-order valence-electron chi connectivity index (χ1n) is 6.07. The highest BCUT2D eigenvalue weighted by Gasteiger charge is 2.01. The second-order valence-corrected chi connectivity index (χ2v) is 6.46. The zero-order valence-electron chi connectivity index (χ0n) is 10.5. The van der Waals surface area contributed by atoms with Gasteiger partial charge in [-0.25, -0.2) is 4.98 Å². The summed E-state index contributed by atoms with van der Waals surface area (Å²) in [5.41, 5.74) is 3.59. The molecule has 0 N–H and O–H groups in total. The third kappa shape index (κ3) is 3.06. The highest BCUT2D eigenvalue weighted by atomic mass is 32.2. The van der Waals surface area contributed by atoms with Gasteiger partial charge in [-0.05, 0) is 36.1 Å². The molecular weight excluding hydrogens is 270 g/mol. The molecule has 0 aliphatic carbocycles. The summed E-state index contributed by atoms with van der Waals surface area (Å²) in [5.74, 6) is 0. The molecule has 0 saturated heterocycles. The number of para-hydroxylation sites is 1. The molecule has 0 amide bonds. The number of aryl methyl sites for hydroxylation is 1. The van der Waals surface area contributed by atoms with Crippen molar-refractivity contribution >= 4 is 39.4 Å². The molecule has 1 aromatic heterocycles. The fourth-order valence-electron chi connectivity index (χ4n) is 1.75. The van der Waals surface area contributed by atoms with Gasteiger partial charge >= 0.3 is 0 Å². The Balaban J connectivity index is 1.73. The maximum absolute atomic E-state index is 4.59. The van der Waals surface area contributed by atoms with Gasteiger partial charge in [0.1, 0.15) is 0 Å². The zero-order valence-corrected chi connectivity index (χ0v) is 12.2. The van der Waals surface area contributed by atoms with E-state index in [0.29, 0.717) is 0 Å². The number of hydrogen-bond donors (Lipinski definition) is 0. The van der Waals surface area contributed by atoms with E-state index in [0.717, 1.165) is 9.86 Å². The van der Waals surface area contributed by atoms with Crippen LogP contribution in [-0.2, 0) is 0 Å². The average molecular weight is 283 g/mol. The lowest BCUT2D eigenvalue weighted by Crippen LogP contribution is -1.72. The van der Waals surface area contributed by atoms with E-state index in [2.05, 4.69) is 65.9 Å². The molecule has 0 spiro atoms. The Hall–Kier alpha value is -1.58. The third-order valence-corrected chi connectivity index (χ3v) is 4.72. The second kappa shape index (κ2) is 5.59.